The number of carboxylic acid groups (broad SMARTS) is 2. The summed E-state index contributed by atoms with van der Waals surface area (Å²) in [5, 5.41) is 22.0. The summed E-state index contributed by atoms with van der Waals surface area (Å²) in [6.45, 7) is 1.44. The Hall–Kier alpha value is -2.12. The van der Waals surface area contributed by atoms with Crippen LogP contribution in [-0.4, -0.2) is 46.6 Å². The summed E-state index contributed by atoms with van der Waals surface area (Å²) in [5.74, 6) is -3.00. The molecular formula is C11H18N2O6. The van der Waals surface area contributed by atoms with Crippen LogP contribution in [0.2, 0.25) is 0 Å². The Kier molecular flexibility index (Phi) is 7.90. The van der Waals surface area contributed by atoms with E-state index < -0.39 is 23.9 Å². The van der Waals surface area contributed by atoms with E-state index in [-0.39, 0.29) is 38.1 Å². The first-order chi connectivity index (χ1) is 8.82. The molecule has 0 heterocycles. The zero-order chi connectivity index (χ0) is 14.8. The van der Waals surface area contributed by atoms with Crippen molar-refractivity contribution in [2.24, 2.45) is 0 Å². The van der Waals surface area contributed by atoms with Crippen LogP contribution in [-0.2, 0) is 19.2 Å². The van der Waals surface area contributed by atoms with Crippen molar-refractivity contribution in [2.75, 3.05) is 6.54 Å². The highest BCUT2D eigenvalue weighted by Crippen LogP contribution is 2.02. The van der Waals surface area contributed by atoms with Gasteiger partial charge in [0, 0.05) is 26.3 Å². The fraction of sp³-hybridized carbons (Fsp3) is 0.636. The van der Waals surface area contributed by atoms with E-state index in [2.05, 4.69) is 10.6 Å². The predicted molar refractivity (Wildman–Crippen MR) is 64.4 cm³/mol. The van der Waals surface area contributed by atoms with Crippen LogP contribution in [0, 0.1) is 0 Å². The molecule has 0 aliphatic rings. The number of aliphatic carboxylic acids is 2. The summed E-state index contributed by atoms with van der Waals surface area (Å²) in [4.78, 5) is 43.1. The Balaban J connectivity index is 4.04. The smallest absolute Gasteiger partial charge is 0.326 e. The van der Waals surface area contributed by atoms with Crippen molar-refractivity contribution in [2.45, 2.75) is 38.6 Å². The number of carboxylic acids is 2. The van der Waals surface area contributed by atoms with Crippen molar-refractivity contribution in [3.8, 4) is 0 Å². The molecule has 0 aromatic rings. The van der Waals surface area contributed by atoms with Crippen LogP contribution in [0.3, 0.4) is 0 Å². The van der Waals surface area contributed by atoms with E-state index in [9.17, 15) is 19.2 Å². The summed E-state index contributed by atoms with van der Waals surface area (Å²) < 4.78 is 0. The third-order valence-corrected chi connectivity index (χ3v) is 2.24. The van der Waals surface area contributed by atoms with Gasteiger partial charge in [-0.2, -0.15) is 0 Å². The fourth-order valence-electron chi connectivity index (χ4n) is 1.33. The van der Waals surface area contributed by atoms with Crippen LogP contribution >= 0.6 is 0 Å². The van der Waals surface area contributed by atoms with Gasteiger partial charge in [-0.25, -0.2) is 4.79 Å². The van der Waals surface area contributed by atoms with Crippen LogP contribution in [0.1, 0.15) is 32.6 Å². The van der Waals surface area contributed by atoms with Gasteiger partial charge in [-0.1, -0.05) is 0 Å². The van der Waals surface area contributed by atoms with Gasteiger partial charge in [0.15, 0.2) is 0 Å². The number of nitrogens with one attached hydrogen (secondary N) is 2. The summed E-state index contributed by atoms with van der Waals surface area (Å²) in [6.07, 6.45) is 0.0413. The molecule has 0 radical (unpaired) electrons. The van der Waals surface area contributed by atoms with Gasteiger partial charge in [-0.3, -0.25) is 14.4 Å². The van der Waals surface area contributed by atoms with Crippen molar-refractivity contribution in [1.82, 2.24) is 10.6 Å². The molecule has 1 atom stereocenters. The molecule has 0 aliphatic heterocycles. The van der Waals surface area contributed by atoms with Gasteiger partial charge in [-0.05, 0) is 12.8 Å². The maximum Gasteiger partial charge on any atom is 0.326 e. The third kappa shape index (κ3) is 9.57. The quantitative estimate of drug-likeness (QED) is 0.441. The molecule has 0 aromatic carbocycles. The Morgan fingerprint density at radius 1 is 1.11 bits per heavy atom. The third-order valence-electron chi connectivity index (χ3n) is 2.24. The van der Waals surface area contributed by atoms with Crippen LogP contribution in [0.4, 0.5) is 0 Å². The van der Waals surface area contributed by atoms with Crippen LogP contribution in [0.25, 0.3) is 0 Å². The Morgan fingerprint density at radius 2 is 1.74 bits per heavy atom. The lowest BCUT2D eigenvalue weighted by atomic mass is 10.1. The highest BCUT2D eigenvalue weighted by atomic mass is 16.4. The molecule has 0 spiro atoms. The molecule has 0 rings (SSSR count). The van der Waals surface area contributed by atoms with E-state index in [0.29, 0.717) is 0 Å². The molecular weight excluding hydrogens is 256 g/mol. The normalized spacial score (nSPS) is 11.4. The number of rotatable bonds is 9. The van der Waals surface area contributed by atoms with E-state index in [1.165, 1.54) is 6.92 Å². The predicted octanol–water partition coefficient (Wildman–Crippen LogP) is -0.663. The second kappa shape index (κ2) is 8.90. The maximum absolute atomic E-state index is 11.4. The Labute approximate surface area is 110 Å². The first-order valence-corrected chi connectivity index (χ1v) is 5.81. The SMILES string of the molecule is CC(=O)NCCC(=O)N[C@H](CCCC(=O)O)C(=O)O. The second-order valence-corrected chi connectivity index (χ2v) is 3.98. The number of amides is 2. The van der Waals surface area contributed by atoms with Gasteiger partial charge in [-0.15, -0.1) is 0 Å². The maximum atomic E-state index is 11.4. The highest BCUT2D eigenvalue weighted by Gasteiger charge is 2.19. The minimum Gasteiger partial charge on any atom is -0.481 e. The van der Waals surface area contributed by atoms with Gasteiger partial charge in [0.2, 0.25) is 11.8 Å². The summed E-state index contributed by atoms with van der Waals surface area (Å²) in [7, 11) is 0. The van der Waals surface area contributed by atoms with Crippen LogP contribution in [0.15, 0.2) is 0 Å². The summed E-state index contributed by atoms with van der Waals surface area (Å²) in [5.41, 5.74) is 0. The zero-order valence-electron chi connectivity index (χ0n) is 10.6. The van der Waals surface area contributed by atoms with Crippen molar-refractivity contribution in [3.63, 3.8) is 0 Å². The minimum absolute atomic E-state index is 0.0255. The molecule has 0 bridgehead atoms. The molecule has 0 aromatic heterocycles. The second-order valence-electron chi connectivity index (χ2n) is 3.98. The van der Waals surface area contributed by atoms with Crippen molar-refractivity contribution < 1.29 is 29.4 Å². The van der Waals surface area contributed by atoms with Crippen molar-refractivity contribution >= 4 is 23.8 Å². The molecule has 0 fully saturated rings. The van der Waals surface area contributed by atoms with Crippen LogP contribution < -0.4 is 10.6 Å². The van der Waals surface area contributed by atoms with Crippen molar-refractivity contribution in [3.05, 3.63) is 0 Å². The molecule has 8 heteroatoms. The largest absolute Gasteiger partial charge is 0.481 e. The van der Waals surface area contributed by atoms with E-state index in [1.807, 2.05) is 0 Å². The van der Waals surface area contributed by atoms with E-state index >= 15 is 0 Å². The van der Waals surface area contributed by atoms with Crippen molar-refractivity contribution in [1.29, 1.82) is 0 Å². The first kappa shape index (κ1) is 16.9. The average Bonchev–Trinajstić information content (AvgIpc) is 2.26. The summed E-state index contributed by atoms with van der Waals surface area (Å²) in [6, 6.07) is -1.11. The van der Waals surface area contributed by atoms with Gasteiger partial charge in [0.25, 0.3) is 0 Å². The Morgan fingerprint density at radius 3 is 2.21 bits per heavy atom. The number of hydrogen-bond donors (Lipinski definition) is 4. The number of carbonyl (C=O) groups excluding carboxylic acids is 2. The fourth-order valence-corrected chi connectivity index (χ4v) is 1.33. The monoisotopic (exact) mass is 274 g/mol. The molecule has 19 heavy (non-hydrogen) atoms. The lowest BCUT2D eigenvalue weighted by molar-refractivity contribution is -0.142. The molecule has 8 nitrogen and oxygen atoms in total. The Bertz CT molecular complexity index is 355. The topological polar surface area (TPSA) is 133 Å². The van der Waals surface area contributed by atoms with Crippen LogP contribution in [0.5, 0.6) is 0 Å². The summed E-state index contributed by atoms with van der Waals surface area (Å²) >= 11 is 0. The van der Waals surface area contributed by atoms with E-state index in [0.717, 1.165) is 0 Å². The van der Waals surface area contributed by atoms with Gasteiger partial charge in [0.1, 0.15) is 6.04 Å². The number of carbonyl (C=O) groups is 4. The highest BCUT2D eigenvalue weighted by molar-refractivity contribution is 5.84. The lowest BCUT2D eigenvalue weighted by Gasteiger charge is -2.14. The van der Waals surface area contributed by atoms with E-state index in [1.54, 1.807) is 0 Å². The van der Waals surface area contributed by atoms with Gasteiger partial charge in [0.05, 0.1) is 0 Å². The first-order valence-electron chi connectivity index (χ1n) is 5.81. The molecule has 0 unspecified atom stereocenters. The lowest BCUT2D eigenvalue weighted by Crippen LogP contribution is -2.41. The number of hydrogen-bond acceptors (Lipinski definition) is 4. The average molecular weight is 274 g/mol. The molecule has 2 amide bonds. The van der Waals surface area contributed by atoms with Gasteiger partial charge < -0.3 is 20.8 Å². The minimum atomic E-state index is -1.21. The molecule has 4 N–H and O–H groups in total. The molecule has 0 saturated carbocycles. The molecule has 0 saturated heterocycles. The van der Waals surface area contributed by atoms with Gasteiger partial charge >= 0.3 is 11.9 Å². The molecule has 0 aliphatic carbocycles. The standard InChI is InChI=1S/C11H18N2O6/c1-7(14)12-6-5-9(15)13-8(11(18)19)3-2-4-10(16)17/h8H,2-6H2,1H3,(H,12,14)(H,13,15)(H,16,17)(H,18,19)/t8-/m1/s1. The molecule has 108 valence electrons. The van der Waals surface area contributed by atoms with E-state index in [4.69, 9.17) is 10.2 Å². The zero-order valence-corrected chi connectivity index (χ0v) is 10.6.